The second kappa shape index (κ2) is 9.87. The molecule has 0 heterocycles. The van der Waals surface area contributed by atoms with E-state index in [1.54, 1.807) is 13.8 Å². The summed E-state index contributed by atoms with van der Waals surface area (Å²) < 4.78 is 5.61. The Balaban J connectivity index is 1.31. The maximum atomic E-state index is 12.5. The number of ether oxygens (including phenoxy) is 1. The van der Waals surface area contributed by atoms with Crippen LogP contribution in [0.3, 0.4) is 0 Å². The minimum atomic E-state index is -1.04. The Bertz CT molecular complexity index is 1030. The van der Waals surface area contributed by atoms with Crippen molar-refractivity contribution < 1.29 is 24.2 Å². The SMILES string of the molecule is CC(C)C(NC(=O)CC1(CNC(=O)OCC2c3ccccc3-c3ccccc32)CCC1)C(=O)O. The average molecular weight is 465 g/mol. The zero-order chi connectivity index (χ0) is 24.3. The zero-order valence-corrected chi connectivity index (χ0v) is 19.7. The molecule has 7 nitrogen and oxygen atoms in total. The number of amides is 2. The molecule has 2 amide bonds. The van der Waals surface area contributed by atoms with Crippen molar-refractivity contribution in [1.29, 1.82) is 0 Å². The third-order valence-corrected chi connectivity index (χ3v) is 7.15. The van der Waals surface area contributed by atoms with Gasteiger partial charge in [0.25, 0.3) is 0 Å². The lowest BCUT2D eigenvalue weighted by Gasteiger charge is -2.41. The van der Waals surface area contributed by atoms with Gasteiger partial charge >= 0.3 is 12.1 Å². The molecule has 0 aliphatic heterocycles. The fourth-order valence-electron chi connectivity index (χ4n) is 5.08. The molecule has 0 bridgehead atoms. The van der Waals surface area contributed by atoms with Gasteiger partial charge in [0.1, 0.15) is 12.6 Å². The van der Waals surface area contributed by atoms with Gasteiger partial charge in [0.15, 0.2) is 0 Å². The number of carboxylic acid groups (broad SMARTS) is 1. The van der Waals surface area contributed by atoms with Crippen LogP contribution in [-0.2, 0) is 14.3 Å². The van der Waals surface area contributed by atoms with Gasteiger partial charge in [0.2, 0.25) is 5.91 Å². The van der Waals surface area contributed by atoms with Crippen LogP contribution in [-0.4, -0.2) is 42.3 Å². The summed E-state index contributed by atoms with van der Waals surface area (Å²) in [5.41, 5.74) is 4.30. The maximum absolute atomic E-state index is 12.5. The molecular formula is C27H32N2O5. The standard InChI is InChI=1S/C27H32N2O5/c1-17(2)24(25(31)32)29-23(30)14-27(12-7-13-27)16-28-26(33)34-15-22-20-10-5-3-8-18(20)19-9-4-6-11-21(19)22/h3-6,8-11,17,22,24H,7,12-16H2,1-2H3,(H,28,33)(H,29,30)(H,31,32). The van der Waals surface area contributed by atoms with Crippen molar-refractivity contribution in [2.75, 3.05) is 13.2 Å². The molecule has 1 fully saturated rings. The molecular weight excluding hydrogens is 432 g/mol. The number of nitrogens with one attached hydrogen (secondary N) is 2. The number of rotatable bonds is 9. The van der Waals surface area contributed by atoms with Crippen molar-refractivity contribution in [3.8, 4) is 11.1 Å². The molecule has 2 aromatic rings. The highest BCUT2D eigenvalue weighted by Gasteiger charge is 2.40. The number of fused-ring (bicyclic) bond motifs is 3. The lowest BCUT2D eigenvalue weighted by Crippen LogP contribution is -2.49. The highest BCUT2D eigenvalue weighted by Crippen LogP contribution is 2.45. The van der Waals surface area contributed by atoms with E-state index in [-0.39, 0.29) is 36.2 Å². The average Bonchev–Trinajstić information content (AvgIpc) is 3.11. The van der Waals surface area contributed by atoms with E-state index >= 15 is 0 Å². The molecule has 0 aromatic heterocycles. The van der Waals surface area contributed by atoms with Gasteiger partial charge in [-0.25, -0.2) is 9.59 Å². The third-order valence-electron chi connectivity index (χ3n) is 7.15. The number of benzene rings is 2. The fraction of sp³-hybridized carbons (Fsp3) is 0.444. The molecule has 180 valence electrons. The summed E-state index contributed by atoms with van der Waals surface area (Å²) in [6.07, 6.45) is 2.28. The number of hydrogen-bond donors (Lipinski definition) is 3. The van der Waals surface area contributed by atoms with E-state index < -0.39 is 18.1 Å². The van der Waals surface area contributed by atoms with Gasteiger partial charge < -0.3 is 20.5 Å². The highest BCUT2D eigenvalue weighted by molar-refractivity contribution is 5.84. The van der Waals surface area contributed by atoms with Crippen LogP contribution in [0.4, 0.5) is 4.79 Å². The van der Waals surface area contributed by atoms with Crippen LogP contribution in [0.2, 0.25) is 0 Å². The second-order valence-corrected chi connectivity index (χ2v) is 9.84. The van der Waals surface area contributed by atoms with Gasteiger partial charge in [-0.3, -0.25) is 4.79 Å². The molecule has 1 saturated carbocycles. The first-order chi connectivity index (χ1) is 16.3. The smallest absolute Gasteiger partial charge is 0.407 e. The van der Waals surface area contributed by atoms with Crippen LogP contribution in [0.1, 0.15) is 56.6 Å². The molecule has 2 aromatic carbocycles. The van der Waals surface area contributed by atoms with E-state index in [1.165, 1.54) is 11.1 Å². The van der Waals surface area contributed by atoms with Crippen LogP contribution in [0.25, 0.3) is 11.1 Å². The summed E-state index contributed by atoms with van der Waals surface area (Å²) in [6, 6.07) is 15.4. The molecule has 0 radical (unpaired) electrons. The van der Waals surface area contributed by atoms with Crippen LogP contribution in [0, 0.1) is 11.3 Å². The normalized spacial score (nSPS) is 16.7. The highest BCUT2D eigenvalue weighted by atomic mass is 16.5. The summed E-state index contributed by atoms with van der Waals surface area (Å²) in [4.78, 5) is 36.5. The molecule has 2 aliphatic carbocycles. The molecule has 3 N–H and O–H groups in total. The Morgan fingerprint density at radius 3 is 2.12 bits per heavy atom. The maximum Gasteiger partial charge on any atom is 0.407 e. The Kier molecular flexibility index (Phi) is 6.91. The Morgan fingerprint density at radius 1 is 1.03 bits per heavy atom. The molecule has 1 unspecified atom stereocenters. The number of carboxylic acids is 1. The van der Waals surface area contributed by atoms with Gasteiger partial charge in [-0.15, -0.1) is 0 Å². The summed E-state index contributed by atoms with van der Waals surface area (Å²) in [6.45, 7) is 4.09. The Labute approximate surface area is 199 Å². The fourth-order valence-corrected chi connectivity index (χ4v) is 5.08. The number of hydrogen-bond acceptors (Lipinski definition) is 4. The number of alkyl carbamates (subject to hydrolysis) is 1. The van der Waals surface area contributed by atoms with Gasteiger partial charge in [-0.1, -0.05) is 68.8 Å². The van der Waals surface area contributed by atoms with Crippen molar-refractivity contribution >= 4 is 18.0 Å². The van der Waals surface area contributed by atoms with Crippen molar-refractivity contribution in [3.05, 3.63) is 59.7 Å². The molecule has 0 saturated heterocycles. The lowest BCUT2D eigenvalue weighted by molar-refractivity contribution is -0.143. The lowest BCUT2D eigenvalue weighted by atomic mass is 9.66. The molecule has 0 spiro atoms. The quantitative estimate of drug-likeness (QED) is 0.513. The molecule has 1 atom stereocenters. The van der Waals surface area contributed by atoms with E-state index in [0.717, 1.165) is 30.4 Å². The largest absolute Gasteiger partial charge is 0.480 e. The Morgan fingerprint density at radius 2 is 1.62 bits per heavy atom. The molecule has 34 heavy (non-hydrogen) atoms. The van der Waals surface area contributed by atoms with Crippen LogP contribution in [0.15, 0.2) is 48.5 Å². The van der Waals surface area contributed by atoms with E-state index in [2.05, 4.69) is 34.9 Å². The monoisotopic (exact) mass is 464 g/mol. The van der Waals surface area contributed by atoms with Crippen molar-refractivity contribution in [3.63, 3.8) is 0 Å². The first-order valence-electron chi connectivity index (χ1n) is 11.9. The molecule has 2 aliphatic rings. The summed E-state index contributed by atoms with van der Waals surface area (Å²) in [5, 5.41) is 14.8. The van der Waals surface area contributed by atoms with E-state index in [9.17, 15) is 19.5 Å². The summed E-state index contributed by atoms with van der Waals surface area (Å²) in [5.74, 6) is -1.55. The molecule has 4 rings (SSSR count). The van der Waals surface area contributed by atoms with Gasteiger partial charge in [-0.05, 0) is 46.4 Å². The van der Waals surface area contributed by atoms with E-state index in [1.807, 2.05) is 24.3 Å². The summed E-state index contributed by atoms with van der Waals surface area (Å²) >= 11 is 0. The van der Waals surface area contributed by atoms with Crippen LogP contribution >= 0.6 is 0 Å². The zero-order valence-electron chi connectivity index (χ0n) is 19.7. The van der Waals surface area contributed by atoms with E-state index in [4.69, 9.17) is 4.74 Å². The predicted molar refractivity (Wildman–Crippen MR) is 128 cm³/mol. The molecule has 7 heteroatoms. The topological polar surface area (TPSA) is 105 Å². The van der Waals surface area contributed by atoms with Crippen molar-refractivity contribution in [1.82, 2.24) is 10.6 Å². The predicted octanol–water partition coefficient (Wildman–Crippen LogP) is 4.31. The minimum Gasteiger partial charge on any atom is -0.480 e. The number of aliphatic carboxylic acids is 1. The van der Waals surface area contributed by atoms with Gasteiger partial charge in [0.05, 0.1) is 0 Å². The first kappa shape index (κ1) is 23.8. The minimum absolute atomic E-state index is 0.00873. The number of carbonyl (C=O) groups excluding carboxylic acids is 2. The van der Waals surface area contributed by atoms with E-state index in [0.29, 0.717) is 6.54 Å². The first-order valence-corrected chi connectivity index (χ1v) is 11.9. The summed E-state index contributed by atoms with van der Waals surface area (Å²) in [7, 11) is 0. The second-order valence-electron chi connectivity index (χ2n) is 9.84. The van der Waals surface area contributed by atoms with Gasteiger partial charge in [0, 0.05) is 18.9 Å². The third kappa shape index (κ3) is 4.93. The number of carbonyl (C=O) groups is 3. The van der Waals surface area contributed by atoms with Crippen LogP contribution in [0.5, 0.6) is 0 Å². The Hall–Kier alpha value is -3.35. The van der Waals surface area contributed by atoms with Crippen molar-refractivity contribution in [2.24, 2.45) is 11.3 Å². The van der Waals surface area contributed by atoms with Crippen molar-refractivity contribution in [2.45, 2.75) is 51.5 Å². The van der Waals surface area contributed by atoms with Gasteiger partial charge in [-0.2, -0.15) is 0 Å². The van der Waals surface area contributed by atoms with Crippen LogP contribution < -0.4 is 10.6 Å².